The Morgan fingerprint density at radius 2 is 2.16 bits per heavy atom. The Kier molecular flexibility index (Phi) is 4.79. The molecular weight excluding hydrogens is 326 g/mol. The number of aromatic hydroxyl groups is 1. The Bertz CT molecular complexity index is 473. The van der Waals surface area contributed by atoms with Crippen LogP contribution >= 0.6 is 27.7 Å². The second-order valence-corrected chi connectivity index (χ2v) is 7.13. The minimum Gasteiger partial charge on any atom is -0.507 e. The molecular formula is C14H18BrNO2S. The van der Waals surface area contributed by atoms with E-state index in [1.807, 2.05) is 11.8 Å². The van der Waals surface area contributed by atoms with Crippen molar-refractivity contribution in [3.63, 3.8) is 0 Å². The third kappa shape index (κ3) is 3.45. The summed E-state index contributed by atoms with van der Waals surface area (Å²) in [5.41, 5.74) is 0.331. The van der Waals surface area contributed by atoms with Crippen LogP contribution in [0.3, 0.4) is 0 Å². The summed E-state index contributed by atoms with van der Waals surface area (Å²) in [6.45, 7) is 0.669. The van der Waals surface area contributed by atoms with Crippen LogP contribution < -0.4 is 5.32 Å². The molecule has 0 aliphatic heterocycles. The van der Waals surface area contributed by atoms with Gasteiger partial charge in [-0.25, -0.2) is 0 Å². The minimum atomic E-state index is -0.203. The molecule has 0 radical (unpaired) electrons. The number of amides is 1. The second kappa shape index (κ2) is 6.18. The summed E-state index contributed by atoms with van der Waals surface area (Å²) in [6, 6.07) is 4.93. The SMILES string of the molecule is CSC1(CNC(=O)c2ccc(Br)cc2O)CCCC1. The van der Waals surface area contributed by atoms with E-state index in [1.165, 1.54) is 18.9 Å². The molecule has 1 aromatic carbocycles. The van der Waals surface area contributed by atoms with Crippen LogP contribution in [0.1, 0.15) is 36.0 Å². The molecule has 2 N–H and O–H groups in total. The maximum atomic E-state index is 12.1. The lowest BCUT2D eigenvalue weighted by Crippen LogP contribution is -2.38. The van der Waals surface area contributed by atoms with Crippen LogP contribution in [0.15, 0.2) is 22.7 Å². The zero-order valence-corrected chi connectivity index (χ0v) is 13.3. The van der Waals surface area contributed by atoms with Gasteiger partial charge in [-0.05, 0) is 37.3 Å². The molecule has 1 aliphatic carbocycles. The number of thioether (sulfide) groups is 1. The third-order valence-corrected chi connectivity index (χ3v) is 5.64. The highest BCUT2D eigenvalue weighted by atomic mass is 79.9. The van der Waals surface area contributed by atoms with Gasteiger partial charge in [-0.3, -0.25) is 4.79 Å². The van der Waals surface area contributed by atoms with Crippen LogP contribution in [0.2, 0.25) is 0 Å². The van der Waals surface area contributed by atoms with Crippen molar-refractivity contribution in [2.24, 2.45) is 0 Å². The fourth-order valence-electron chi connectivity index (χ4n) is 2.51. The van der Waals surface area contributed by atoms with Crippen LogP contribution in [0.4, 0.5) is 0 Å². The summed E-state index contributed by atoms with van der Waals surface area (Å²) in [6.07, 6.45) is 6.89. The quantitative estimate of drug-likeness (QED) is 0.878. The number of carbonyl (C=O) groups is 1. The van der Waals surface area contributed by atoms with E-state index in [-0.39, 0.29) is 16.4 Å². The normalized spacial score (nSPS) is 17.4. The molecule has 0 saturated heterocycles. The summed E-state index contributed by atoms with van der Waals surface area (Å²) in [5.74, 6) is -0.193. The number of hydrogen-bond acceptors (Lipinski definition) is 3. The van der Waals surface area contributed by atoms with E-state index in [9.17, 15) is 9.90 Å². The molecule has 1 aromatic rings. The highest BCUT2D eigenvalue weighted by molar-refractivity contribution is 9.10. The Morgan fingerprint density at radius 1 is 1.47 bits per heavy atom. The predicted molar refractivity (Wildman–Crippen MR) is 82.9 cm³/mol. The second-order valence-electron chi connectivity index (χ2n) is 4.94. The van der Waals surface area contributed by atoms with Gasteiger partial charge in [0.25, 0.3) is 5.91 Å². The van der Waals surface area contributed by atoms with Gasteiger partial charge >= 0.3 is 0 Å². The molecule has 5 heteroatoms. The zero-order valence-electron chi connectivity index (χ0n) is 10.9. The van der Waals surface area contributed by atoms with Crippen molar-refractivity contribution in [2.75, 3.05) is 12.8 Å². The highest BCUT2D eigenvalue weighted by Crippen LogP contribution is 2.39. The first-order valence-corrected chi connectivity index (χ1v) is 8.40. The van der Waals surface area contributed by atoms with Crippen molar-refractivity contribution < 1.29 is 9.90 Å². The average molecular weight is 344 g/mol. The van der Waals surface area contributed by atoms with E-state index in [4.69, 9.17) is 0 Å². The number of rotatable bonds is 4. The van der Waals surface area contributed by atoms with Gasteiger partial charge < -0.3 is 10.4 Å². The molecule has 1 amide bonds. The Morgan fingerprint density at radius 3 is 2.74 bits per heavy atom. The Balaban J connectivity index is 2.01. The average Bonchev–Trinajstić information content (AvgIpc) is 2.85. The summed E-state index contributed by atoms with van der Waals surface area (Å²) in [4.78, 5) is 12.1. The molecule has 104 valence electrons. The van der Waals surface area contributed by atoms with Crippen LogP contribution in [0.25, 0.3) is 0 Å². The maximum Gasteiger partial charge on any atom is 0.255 e. The molecule has 19 heavy (non-hydrogen) atoms. The Hall–Kier alpha value is -0.680. The molecule has 1 aliphatic rings. The number of nitrogens with one attached hydrogen (secondary N) is 1. The lowest BCUT2D eigenvalue weighted by atomic mass is 10.1. The molecule has 0 heterocycles. The summed E-state index contributed by atoms with van der Waals surface area (Å²) < 4.78 is 0.943. The summed E-state index contributed by atoms with van der Waals surface area (Å²) in [5, 5.41) is 12.7. The molecule has 3 nitrogen and oxygen atoms in total. The van der Waals surface area contributed by atoms with E-state index < -0.39 is 0 Å². The zero-order chi connectivity index (χ0) is 13.9. The van der Waals surface area contributed by atoms with Crippen molar-refractivity contribution in [3.8, 4) is 5.75 Å². The lowest BCUT2D eigenvalue weighted by molar-refractivity contribution is 0.0947. The van der Waals surface area contributed by atoms with Gasteiger partial charge in [0.05, 0.1) is 5.56 Å². The van der Waals surface area contributed by atoms with Crippen molar-refractivity contribution in [1.82, 2.24) is 5.32 Å². The monoisotopic (exact) mass is 343 g/mol. The summed E-state index contributed by atoms with van der Waals surface area (Å²) >= 11 is 5.10. The lowest BCUT2D eigenvalue weighted by Gasteiger charge is -2.26. The van der Waals surface area contributed by atoms with Gasteiger partial charge in [0.2, 0.25) is 0 Å². The number of benzene rings is 1. The predicted octanol–water partition coefficient (Wildman–Crippen LogP) is 3.56. The first kappa shape index (κ1) is 14.7. The molecule has 0 spiro atoms. The maximum absolute atomic E-state index is 12.1. The molecule has 0 unspecified atom stereocenters. The number of hydrogen-bond donors (Lipinski definition) is 2. The van der Waals surface area contributed by atoms with Crippen LogP contribution in [0, 0.1) is 0 Å². The fraction of sp³-hybridized carbons (Fsp3) is 0.500. The summed E-state index contributed by atoms with van der Waals surface area (Å²) in [7, 11) is 0. The minimum absolute atomic E-state index is 0.0106. The topological polar surface area (TPSA) is 49.3 Å². The highest BCUT2D eigenvalue weighted by Gasteiger charge is 2.33. The van der Waals surface area contributed by atoms with Gasteiger partial charge in [0, 0.05) is 15.8 Å². The number of phenolic OH excluding ortho intramolecular Hbond substituents is 1. The van der Waals surface area contributed by atoms with Crippen LogP contribution in [-0.2, 0) is 0 Å². The first-order valence-electron chi connectivity index (χ1n) is 6.38. The molecule has 0 aromatic heterocycles. The van der Waals surface area contributed by atoms with Crippen molar-refractivity contribution >= 4 is 33.6 Å². The Labute approximate surface area is 126 Å². The smallest absolute Gasteiger partial charge is 0.255 e. The largest absolute Gasteiger partial charge is 0.507 e. The number of phenols is 1. The van der Waals surface area contributed by atoms with Crippen molar-refractivity contribution in [3.05, 3.63) is 28.2 Å². The first-order chi connectivity index (χ1) is 9.06. The van der Waals surface area contributed by atoms with Crippen molar-refractivity contribution in [2.45, 2.75) is 30.4 Å². The van der Waals surface area contributed by atoms with Gasteiger partial charge in [0.15, 0.2) is 0 Å². The molecule has 1 fully saturated rings. The van der Waals surface area contributed by atoms with E-state index >= 15 is 0 Å². The fourth-order valence-corrected chi connectivity index (χ4v) is 3.77. The van der Waals surface area contributed by atoms with Gasteiger partial charge in [-0.1, -0.05) is 28.8 Å². The standard InChI is InChI=1S/C14H18BrNO2S/c1-19-14(6-2-3-7-14)9-16-13(18)11-5-4-10(15)8-12(11)17/h4-5,8,17H,2-3,6-7,9H2,1H3,(H,16,18). The van der Waals surface area contributed by atoms with E-state index in [0.29, 0.717) is 12.1 Å². The van der Waals surface area contributed by atoms with Crippen LogP contribution in [-0.4, -0.2) is 28.6 Å². The third-order valence-electron chi connectivity index (χ3n) is 3.72. The van der Waals surface area contributed by atoms with Gasteiger partial charge in [0.1, 0.15) is 5.75 Å². The van der Waals surface area contributed by atoms with Gasteiger partial charge in [-0.2, -0.15) is 11.8 Å². The van der Waals surface area contributed by atoms with E-state index in [2.05, 4.69) is 27.5 Å². The van der Waals surface area contributed by atoms with E-state index in [1.54, 1.807) is 12.1 Å². The van der Waals surface area contributed by atoms with E-state index in [0.717, 1.165) is 17.3 Å². The molecule has 2 rings (SSSR count). The van der Waals surface area contributed by atoms with Crippen molar-refractivity contribution in [1.29, 1.82) is 0 Å². The number of carbonyl (C=O) groups excluding carboxylic acids is 1. The van der Waals surface area contributed by atoms with Gasteiger partial charge in [-0.15, -0.1) is 0 Å². The molecule has 1 saturated carbocycles. The molecule has 0 atom stereocenters. The number of halogens is 1. The molecule has 0 bridgehead atoms. The van der Waals surface area contributed by atoms with Crippen LogP contribution in [0.5, 0.6) is 5.75 Å².